The number of aliphatic hydroxyl groups is 1. The average Bonchev–Trinajstić information content (AvgIpc) is 3.31. The number of ketones is 1. The molecule has 5 unspecified atom stereocenters. The highest BCUT2D eigenvalue weighted by atomic mass is 16.5. The lowest BCUT2D eigenvalue weighted by atomic mass is 9.87. The summed E-state index contributed by atoms with van der Waals surface area (Å²) in [5.74, 6) is 1.07. The van der Waals surface area contributed by atoms with E-state index >= 15 is 0 Å². The van der Waals surface area contributed by atoms with Crippen LogP contribution in [0.3, 0.4) is 0 Å². The molecule has 2 aliphatic rings. The molecule has 2 rings (SSSR count). The van der Waals surface area contributed by atoms with Crippen LogP contribution in [0, 0.1) is 23.7 Å². The molecular weight excluding hydrogens is 420 g/mol. The summed E-state index contributed by atoms with van der Waals surface area (Å²) >= 11 is 0. The first kappa shape index (κ1) is 29.6. The Morgan fingerprint density at radius 2 is 1.52 bits per heavy atom. The number of rotatable bonds is 13. The Morgan fingerprint density at radius 3 is 2.12 bits per heavy atom. The first-order valence-corrected chi connectivity index (χ1v) is 13.3. The predicted molar refractivity (Wildman–Crippen MR) is 130 cm³/mol. The molecule has 0 spiro atoms. The molecule has 0 bridgehead atoms. The van der Waals surface area contributed by atoms with E-state index in [9.17, 15) is 19.5 Å². The number of ether oxygens (including phenoxy) is 2. The van der Waals surface area contributed by atoms with Crippen LogP contribution in [0.4, 0.5) is 0 Å². The van der Waals surface area contributed by atoms with E-state index in [2.05, 4.69) is 13.8 Å². The number of esters is 2. The van der Waals surface area contributed by atoms with Crippen LogP contribution in [0.15, 0.2) is 0 Å². The third-order valence-corrected chi connectivity index (χ3v) is 7.33. The third kappa shape index (κ3) is 11.0. The Hall–Kier alpha value is -1.43. The molecule has 2 aliphatic carbocycles. The van der Waals surface area contributed by atoms with E-state index in [1.165, 1.54) is 32.8 Å². The largest absolute Gasteiger partial charge is 0.469 e. The first-order chi connectivity index (χ1) is 15.9. The van der Waals surface area contributed by atoms with Crippen LogP contribution < -0.4 is 0 Å². The van der Waals surface area contributed by atoms with E-state index in [1.807, 2.05) is 6.92 Å². The Morgan fingerprint density at radius 1 is 0.879 bits per heavy atom. The molecule has 33 heavy (non-hydrogen) atoms. The van der Waals surface area contributed by atoms with E-state index in [0.29, 0.717) is 43.5 Å². The normalized spacial score (nSPS) is 26.6. The molecule has 0 aliphatic heterocycles. The lowest BCUT2D eigenvalue weighted by Crippen LogP contribution is -2.21. The van der Waals surface area contributed by atoms with Gasteiger partial charge in [-0.15, -0.1) is 0 Å². The zero-order valence-corrected chi connectivity index (χ0v) is 21.5. The number of carbonyl (C=O) groups excluding carboxylic acids is 3. The topological polar surface area (TPSA) is 89.9 Å². The number of Topliss-reactive ketones (excluding diaryl/α,β-unsaturated/α-hetero) is 1. The molecule has 192 valence electrons. The van der Waals surface area contributed by atoms with Gasteiger partial charge in [0.1, 0.15) is 5.78 Å². The van der Waals surface area contributed by atoms with Crippen molar-refractivity contribution in [3.8, 4) is 0 Å². The number of aliphatic hydroxyl groups excluding tert-OH is 1. The average molecular weight is 469 g/mol. The monoisotopic (exact) mass is 468 g/mol. The maximum absolute atomic E-state index is 11.8. The van der Waals surface area contributed by atoms with Gasteiger partial charge in [-0.2, -0.15) is 0 Å². The van der Waals surface area contributed by atoms with Crippen molar-refractivity contribution >= 4 is 17.7 Å². The fraction of sp³-hybridized carbons (Fsp3) is 0.889. The van der Waals surface area contributed by atoms with Crippen molar-refractivity contribution in [3.05, 3.63) is 0 Å². The van der Waals surface area contributed by atoms with Gasteiger partial charge in [-0.3, -0.25) is 14.4 Å². The summed E-state index contributed by atoms with van der Waals surface area (Å²) in [5.41, 5.74) is 0. The summed E-state index contributed by atoms with van der Waals surface area (Å²) in [4.78, 5) is 34.5. The molecule has 5 atom stereocenters. The van der Waals surface area contributed by atoms with E-state index in [4.69, 9.17) is 9.47 Å². The molecule has 6 nitrogen and oxygen atoms in total. The van der Waals surface area contributed by atoms with Crippen molar-refractivity contribution in [1.82, 2.24) is 0 Å². The zero-order chi connectivity index (χ0) is 24.6. The second-order valence-corrected chi connectivity index (χ2v) is 9.72. The molecule has 6 heteroatoms. The van der Waals surface area contributed by atoms with Crippen molar-refractivity contribution in [1.29, 1.82) is 0 Å². The zero-order valence-electron chi connectivity index (χ0n) is 21.5. The van der Waals surface area contributed by atoms with Gasteiger partial charge in [0.05, 0.1) is 19.8 Å². The van der Waals surface area contributed by atoms with Crippen molar-refractivity contribution in [3.63, 3.8) is 0 Å². The van der Waals surface area contributed by atoms with Crippen molar-refractivity contribution < 1.29 is 29.0 Å². The Labute approximate surface area is 201 Å². The third-order valence-electron chi connectivity index (χ3n) is 7.33. The lowest BCUT2D eigenvalue weighted by Gasteiger charge is -2.21. The quantitative estimate of drug-likeness (QED) is 0.278. The van der Waals surface area contributed by atoms with Gasteiger partial charge in [0.2, 0.25) is 0 Å². The second-order valence-electron chi connectivity index (χ2n) is 9.72. The van der Waals surface area contributed by atoms with Crippen LogP contribution >= 0.6 is 0 Å². The molecule has 0 aromatic heterocycles. The second kappa shape index (κ2) is 17.1. The van der Waals surface area contributed by atoms with Gasteiger partial charge in [-0.1, -0.05) is 52.4 Å². The number of methoxy groups -OCH3 is 1. The minimum Gasteiger partial charge on any atom is -0.469 e. The summed E-state index contributed by atoms with van der Waals surface area (Å²) in [7, 11) is 1.43. The minimum atomic E-state index is -0.202. The SMILES string of the molecule is CCCCCC1C(=O)CCC1CC(=O)OCC.CCCCCC1C(O)CCC1CC(=O)OC. The minimum absolute atomic E-state index is 0.117. The van der Waals surface area contributed by atoms with E-state index in [0.717, 1.165) is 44.9 Å². The molecule has 0 aromatic rings. The van der Waals surface area contributed by atoms with Crippen LogP contribution in [0.25, 0.3) is 0 Å². The van der Waals surface area contributed by atoms with E-state index < -0.39 is 0 Å². The van der Waals surface area contributed by atoms with Crippen molar-refractivity contribution in [2.75, 3.05) is 13.7 Å². The number of hydrogen-bond acceptors (Lipinski definition) is 6. The van der Waals surface area contributed by atoms with Crippen LogP contribution in [-0.4, -0.2) is 42.6 Å². The molecule has 0 aromatic carbocycles. The smallest absolute Gasteiger partial charge is 0.306 e. The Kier molecular flexibility index (Phi) is 15.3. The first-order valence-electron chi connectivity index (χ1n) is 13.3. The summed E-state index contributed by atoms with van der Waals surface area (Å²) in [5, 5.41) is 9.89. The molecule has 0 amide bonds. The van der Waals surface area contributed by atoms with Gasteiger partial charge in [0.15, 0.2) is 0 Å². The van der Waals surface area contributed by atoms with E-state index in [1.54, 1.807) is 0 Å². The highest BCUT2D eigenvalue weighted by Crippen LogP contribution is 2.38. The predicted octanol–water partition coefficient (Wildman–Crippen LogP) is 5.63. The lowest BCUT2D eigenvalue weighted by molar-refractivity contribution is -0.145. The highest BCUT2D eigenvalue weighted by molar-refractivity contribution is 5.84. The summed E-state index contributed by atoms with van der Waals surface area (Å²) in [6.45, 7) is 6.58. The fourth-order valence-corrected chi connectivity index (χ4v) is 5.40. The van der Waals surface area contributed by atoms with Crippen LogP contribution in [0.2, 0.25) is 0 Å². The number of unbranched alkanes of at least 4 members (excludes halogenated alkanes) is 4. The van der Waals surface area contributed by atoms with Gasteiger partial charge in [0.25, 0.3) is 0 Å². The summed E-state index contributed by atoms with van der Waals surface area (Å²) in [6, 6.07) is 0. The van der Waals surface area contributed by atoms with Crippen molar-refractivity contribution in [2.45, 2.75) is 117 Å². The highest BCUT2D eigenvalue weighted by Gasteiger charge is 2.36. The van der Waals surface area contributed by atoms with Crippen LogP contribution in [-0.2, 0) is 23.9 Å². The Bertz CT molecular complexity index is 575. The molecular formula is C27H48O6. The van der Waals surface area contributed by atoms with Gasteiger partial charge >= 0.3 is 11.9 Å². The van der Waals surface area contributed by atoms with Crippen LogP contribution in [0.1, 0.15) is 111 Å². The van der Waals surface area contributed by atoms with E-state index in [-0.39, 0.29) is 29.9 Å². The van der Waals surface area contributed by atoms with Crippen LogP contribution in [0.5, 0.6) is 0 Å². The molecule has 2 fully saturated rings. The molecule has 2 saturated carbocycles. The van der Waals surface area contributed by atoms with Gasteiger partial charge in [-0.05, 0) is 56.8 Å². The van der Waals surface area contributed by atoms with Gasteiger partial charge in [-0.25, -0.2) is 0 Å². The van der Waals surface area contributed by atoms with Gasteiger partial charge < -0.3 is 14.6 Å². The Balaban J connectivity index is 0.000000331. The fourth-order valence-electron chi connectivity index (χ4n) is 5.40. The molecule has 1 N–H and O–H groups in total. The molecule has 0 saturated heterocycles. The maximum atomic E-state index is 11.8. The number of carbonyl (C=O) groups is 3. The van der Waals surface area contributed by atoms with Gasteiger partial charge in [0, 0.05) is 25.2 Å². The van der Waals surface area contributed by atoms with Crippen molar-refractivity contribution in [2.24, 2.45) is 23.7 Å². The number of hydrogen-bond donors (Lipinski definition) is 1. The summed E-state index contributed by atoms with van der Waals surface area (Å²) in [6.07, 6.45) is 13.1. The maximum Gasteiger partial charge on any atom is 0.306 e. The molecule has 0 radical (unpaired) electrons. The summed E-state index contributed by atoms with van der Waals surface area (Å²) < 4.78 is 9.66. The standard InChI is InChI=1S/C14H24O3.C13H24O3/c1-3-5-6-7-12-11(8-9-13(12)15)10-14(16)17-4-2;1-3-4-5-6-11-10(7-8-12(11)14)9-13(15)16-2/h11-12H,3-10H2,1-2H3;10-12,14H,3-9H2,1-2H3. The molecule has 0 heterocycles.